The second-order valence-corrected chi connectivity index (χ2v) is 7.30. The van der Waals surface area contributed by atoms with E-state index < -0.39 is 0 Å². The van der Waals surface area contributed by atoms with Crippen LogP contribution in [0.1, 0.15) is 51.4 Å². The number of likely N-dealkylation sites (tertiary alicyclic amines) is 2. The fraction of sp³-hybridized carbons (Fsp3) is 0.941. The Morgan fingerprint density at radius 3 is 2.43 bits per heavy atom. The van der Waals surface area contributed by atoms with Crippen molar-refractivity contribution >= 4 is 5.91 Å². The smallest absolute Gasteiger partial charge is 0.237 e. The van der Waals surface area contributed by atoms with E-state index in [-0.39, 0.29) is 0 Å². The Hall–Kier alpha value is -0.610. The highest BCUT2D eigenvalue weighted by molar-refractivity contribution is 5.78. The van der Waals surface area contributed by atoms with Gasteiger partial charge in [0.1, 0.15) is 0 Å². The van der Waals surface area contributed by atoms with E-state index in [1.807, 2.05) is 0 Å². The lowest BCUT2D eigenvalue weighted by molar-refractivity contribution is -0.139. The second-order valence-electron chi connectivity index (χ2n) is 7.30. The van der Waals surface area contributed by atoms with Crippen LogP contribution in [0.5, 0.6) is 0 Å². The number of carbonyl (C=O) groups is 1. The number of fused-ring (bicyclic) bond motifs is 1. The second kappa shape index (κ2) is 7.10. The number of amides is 1. The van der Waals surface area contributed by atoms with E-state index in [1.165, 1.54) is 38.5 Å². The van der Waals surface area contributed by atoms with Gasteiger partial charge in [-0.3, -0.25) is 9.69 Å². The van der Waals surface area contributed by atoms with Crippen molar-refractivity contribution in [3.05, 3.63) is 0 Å². The molecule has 0 aromatic heterocycles. The number of rotatable bonds is 3. The summed E-state index contributed by atoms with van der Waals surface area (Å²) in [5, 5.41) is 0. The molecule has 0 aromatic carbocycles. The maximum Gasteiger partial charge on any atom is 0.237 e. The first-order valence-corrected chi connectivity index (χ1v) is 9.00. The van der Waals surface area contributed by atoms with E-state index in [0.29, 0.717) is 24.4 Å². The van der Waals surface area contributed by atoms with Gasteiger partial charge < -0.3 is 10.6 Å². The lowest BCUT2D eigenvalue weighted by Gasteiger charge is -2.45. The van der Waals surface area contributed by atoms with Crippen molar-refractivity contribution in [1.29, 1.82) is 0 Å². The van der Waals surface area contributed by atoms with Gasteiger partial charge in [0.05, 0.1) is 6.54 Å². The van der Waals surface area contributed by atoms with E-state index in [1.54, 1.807) is 0 Å². The minimum atomic E-state index is 0.387. The van der Waals surface area contributed by atoms with E-state index in [2.05, 4.69) is 9.80 Å². The van der Waals surface area contributed by atoms with Crippen LogP contribution in [0.15, 0.2) is 0 Å². The third-order valence-corrected chi connectivity index (χ3v) is 5.96. The van der Waals surface area contributed by atoms with Crippen molar-refractivity contribution < 1.29 is 4.79 Å². The normalized spacial score (nSPS) is 32.0. The van der Waals surface area contributed by atoms with Gasteiger partial charge in [-0.05, 0) is 70.0 Å². The number of carbonyl (C=O) groups excluding carboxylic acids is 1. The molecule has 2 unspecified atom stereocenters. The standard InChI is InChI=1S/C17H31N3O/c18-12-14-7-10-19(11-8-14)13-17(21)20-9-3-5-15-4-1-2-6-16(15)20/h14-16H,1-13,18H2. The predicted molar refractivity (Wildman–Crippen MR) is 84.9 cm³/mol. The Morgan fingerprint density at radius 2 is 1.67 bits per heavy atom. The molecule has 4 nitrogen and oxygen atoms in total. The zero-order valence-corrected chi connectivity index (χ0v) is 13.3. The number of hydrogen-bond acceptors (Lipinski definition) is 3. The fourth-order valence-electron chi connectivity index (χ4n) is 4.60. The molecule has 2 saturated heterocycles. The summed E-state index contributed by atoms with van der Waals surface area (Å²) in [5.41, 5.74) is 5.75. The molecule has 0 spiro atoms. The molecule has 0 bridgehead atoms. The molecule has 21 heavy (non-hydrogen) atoms. The molecule has 1 aliphatic carbocycles. The van der Waals surface area contributed by atoms with Crippen molar-refractivity contribution in [2.24, 2.45) is 17.6 Å². The molecule has 0 radical (unpaired) electrons. The topological polar surface area (TPSA) is 49.6 Å². The van der Waals surface area contributed by atoms with Crippen LogP contribution in [0.3, 0.4) is 0 Å². The molecule has 4 heteroatoms. The average Bonchev–Trinajstić information content (AvgIpc) is 2.55. The van der Waals surface area contributed by atoms with Crippen LogP contribution in [0.2, 0.25) is 0 Å². The van der Waals surface area contributed by atoms with Gasteiger partial charge in [0.2, 0.25) is 5.91 Å². The number of piperidine rings is 2. The monoisotopic (exact) mass is 293 g/mol. The first-order valence-electron chi connectivity index (χ1n) is 9.00. The largest absolute Gasteiger partial charge is 0.338 e. The van der Waals surface area contributed by atoms with Gasteiger partial charge >= 0.3 is 0 Å². The summed E-state index contributed by atoms with van der Waals surface area (Å²) in [4.78, 5) is 17.3. The van der Waals surface area contributed by atoms with Crippen LogP contribution in [0, 0.1) is 11.8 Å². The lowest BCUT2D eigenvalue weighted by Crippen LogP contribution is -2.53. The molecule has 0 aromatic rings. The quantitative estimate of drug-likeness (QED) is 0.864. The highest BCUT2D eigenvalue weighted by Crippen LogP contribution is 2.35. The third kappa shape index (κ3) is 3.59. The van der Waals surface area contributed by atoms with Crippen molar-refractivity contribution in [3.63, 3.8) is 0 Å². The molecule has 3 aliphatic rings. The van der Waals surface area contributed by atoms with Crippen molar-refractivity contribution in [3.8, 4) is 0 Å². The minimum absolute atomic E-state index is 0.387. The Balaban J connectivity index is 1.52. The summed E-state index contributed by atoms with van der Waals surface area (Å²) in [6.45, 7) is 4.54. The maximum absolute atomic E-state index is 12.7. The van der Waals surface area contributed by atoms with Crippen LogP contribution in [-0.4, -0.2) is 54.5 Å². The van der Waals surface area contributed by atoms with E-state index in [9.17, 15) is 4.79 Å². The van der Waals surface area contributed by atoms with Gasteiger partial charge in [-0.1, -0.05) is 12.8 Å². The molecule has 2 atom stereocenters. The van der Waals surface area contributed by atoms with Gasteiger partial charge in [0.15, 0.2) is 0 Å². The SMILES string of the molecule is NCC1CCN(CC(=O)N2CCCC3CCCCC32)CC1. The molecular weight excluding hydrogens is 262 g/mol. The Labute approximate surface area is 129 Å². The maximum atomic E-state index is 12.7. The first-order chi connectivity index (χ1) is 10.3. The highest BCUT2D eigenvalue weighted by Gasteiger charge is 2.36. The molecule has 2 N–H and O–H groups in total. The van der Waals surface area contributed by atoms with Crippen molar-refractivity contribution in [2.75, 3.05) is 32.7 Å². The van der Waals surface area contributed by atoms with Gasteiger partial charge in [0, 0.05) is 12.6 Å². The van der Waals surface area contributed by atoms with Crippen LogP contribution in [0.4, 0.5) is 0 Å². The van der Waals surface area contributed by atoms with Crippen LogP contribution in [-0.2, 0) is 4.79 Å². The summed E-state index contributed by atoms with van der Waals surface area (Å²) in [6.07, 6.45) is 10.1. The van der Waals surface area contributed by atoms with E-state index in [4.69, 9.17) is 5.73 Å². The summed E-state index contributed by atoms with van der Waals surface area (Å²) in [7, 11) is 0. The van der Waals surface area contributed by atoms with Gasteiger partial charge in [-0.2, -0.15) is 0 Å². The molecule has 1 saturated carbocycles. The van der Waals surface area contributed by atoms with Crippen molar-refractivity contribution in [1.82, 2.24) is 9.80 Å². The Morgan fingerprint density at radius 1 is 0.952 bits per heavy atom. The lowest BCUT2D eigenvalue weighted by atomic mass is 9.78. The van der Waals surface area contributed by atoms with E-state index in [0.717, 1.165) is 44.9 Å². The first kappa shape index (κ1) is 15.3. The summed E-state index contributed by atoms with van der Waals surface area (Å²) in [5.74, 6) is 1.85. The molecule has 2 aliphatic heterocycles. The number of nitrogens with two attached hydrogens (primary N) is 1. The average molecular weight is 293 g/mol. The van der Waals surface area contributed by atoms with Crippen molar-refractivity contribution in [2.45, 2.75) is 57.4 Å². The van der Waals surface area contributed by atoms with Crippen LogP contribution < -0.4 is 5.73 Å². The van der Waals surface area contributed by atoms with E-state index >= 15 is 0 Å². The van der Waals surface area contributed by atoms with Crippen LogP contribution >= 0.6 is 0 Å². The molecule has 3 rings (SSSR count). The Kier molecular flexibility index (Phi) is 5.17. The van der Waals surface area contributed by atoms with Gasteiger partial charge in [-0.25, -0.2) is 0 Å². The summed E-state index contributed by atoms with van der Waals surface area (Å²) < 4.78 is 0. The molecule has 120 valence electrons. The fourth-order valence-corrected chi connectivity index (χ4v) is 4.60. The highest BCUT2D eigenvalue weighted by atomic mass is 16.2. The molecule has 3 fully saturated rings. The van der Waals surface area contributed by atoms with Gasteiger partial charge in [0.25, 0.3) is 0 Å². The third-order valence-electron chi connectivity index (χ3n) is 5.96. The number of nitrogens with zero attached hydrogens (tertiary/aromatic N) is 2. The molecular formula is C17H31N3O. The van der Waals surface area contributed by atoms with Crippen LogP contribution in [0.25, 0.3) is 0 Å². The zero-order chi connectivity index (χ0) is 14.7. The van der Waals surface area contributed by atoms with Gasteiger partial charge in [-0.15, -0.1) is 0 Å². The molecule has 1 amide bonds. The predicted octanol–water partition coefficient (Wildman–Crippen LogP) is 1.84. The molecule has 2 heterocycles. The number of hydrogen-bond donors (Lipinski definition) is 1. The summed E-state index contributed by atoms with van der Waals surface area (Å²) >= 11 is 0. The Bertz CT molecular complexity index is 350. The minimum Gasteiger partial charge on any atom is -0.338 e. The summed E-state index contributed by atoms with van der Waals surface area (Å²) in [6, 6.07) is 0.557. The zero-order valence-electron chi connectivity index (χ0n) is 13.3.